The fraction of sp³-hybridized carbons (Fsp3) is 0.438. The standard InChI is InChI=1S/C32H38BNO2/c1-29(2)19-20-30(3,4)27-25(29)18-17-24-23-11-9-10-12-26(23)34(28(24)27)22-15-13-21(14-16-22)33-35-31(5,6)32(7,8)36-33/h9-18H,19-20H2,1-8H3. The van der Waals surface area contributed by atoms with Gasteiger partial charge in [0, 0.05) is 16.5 Å². The number of hydrogen-bond donors (Lipinski definition) is 0. The van der Waals surface area contributed by atoms with Crippen LogP contribution in [0, 0.1) is 0 Å². The van der Waals surface area contributed by atoms with Crippen molar-refractivity contribution < 1.29 is 9.31 Å². The Balaban J connectivity index is 1.57. The monoisotopic (exact) mass is 479 g/mol. The Hall–Kier alpha value is -2.56. The summed E-state index contributed by atoms with van der Waals surface area (Å²) in [6.07, 6.45) is 2.40. The van der Waals surface area contributed by atoms with Crippen LogP contribution >= 0.6 is 0 Å². The molecule has 3 nitrogen and oxygen atoms in total. The normalized spacial score (nSPS) is 21.7. The summed E-state index contributed by atoms with van der Waals surface area (Å²) in [6.45, 7) is 18.1. The van der Waals surface area contributed by atoms with Gasteiger partial charge < -0.3 is 13.9 Å². The fourth-order valence-electron chi connectivity index (χ4n) is 6.22. The lowest BCUT2D eigenvalue weighted by atomic mass is 9.62. The van der Waals surface area contributed by atoms with E-state index in [9.17, 15) is 0 Å². The first-order chi connectivity index (χ1) is 16.8. The molecular formula is C32H38BNO2. The molecule has 186 valence electrons. The Morgan fingerprint density at radius 1 is 0.667 bits per heavy atom. The number of rotatable bonds is 2. The second-order valence-electron chi connectivity index (χ2n) is 13.2. The van der Waals surface area contributed by atoms with Gasteiger partial charge in [0.15, 0.2) is 0 Å². The van der Waals surface area contributed by atoms with Gasteiger partial charge in [-0.3, -0.25) is 0 Å². The lowest BCUT2D eigenvalue weighted by Crippen LogP contribution is -2.41. The maximum Gasteiger partial charge on any atom is 0.494 e. The zero-order chi connectivity index (χ0) is 25.7. The Morgan fingerprint density at radius 3 is 1.94 bits per heavy atom. The van der Waals surface area contributed by atoms with Crippen LogP contribution in [0.5, 0.6) is 0 Å². The van der Waals surface area contributed by atoms with Crippen molar-refractivity contribution in [2.24, 2.45) is 0 Å². The van der Waals surface area contributed by atoms with Gasteiger partial charge in [0.2, 0.25) is 0 Å². The van der Waals surface area contributed by atoms with Crippen molar-refractivity contribution >= 4 is 34.4 Å². The fourth-order valence-corrected chi connectivity index (χ4v) is 6.22. The smallest absolute Gasteiger partial charge is 0.399 e. The van der Waals surface area contributed by atoms with Crippen molar-refractivity contribution in [3.05, 3.63) is 71.8 Å². The third-order valence-electron chi connectivity index (χ3n) is 9.29. The Bertz CT molecular complexity index is 1470. The van der Waals surface area contributed by atoms with Gasteiger partial charge in [0.25, 0.3) is 0 Å². The lowest BCUT2D eigenvalue weighted by Gasteiger charge is -2.42. The van der Waals surface area contributed by atoms with E-state index in [0.717, 1.165) is 5.46 Å². The molecule has 4 aromatic rings. The highest BCUT2D eigenvalue weighted by atomic mass is 16.7. The largest absolute Gasteiger partial charge is 0.494 e. The van der Waals surface area contributed by atoms with E-state index in [1.54, 1.807) is 0 Å². The van der Waals surface area contributed by atoms with E-state index >= 15 is 0 Å². The highest BCUT2D eigenvalue weighted by Crippen LogP contribution is 2.50. The van der Waals surface area contributed by atoms with E-state index in [4.69, 9.17) is 9.31 Å². The molecule has 6 rings (SSSR count). The Kier molecular flexibility index (Phi) is 4.96. The summed E-state index contributed by atoms with van der Waals surface area (Å²) in [5.74, 6) is 0. The molecule has 0 atom stereocenters. The topological polar surface area (TPSA) is 23.4 Å². The third kappa shape index (κ3) is 3.34. The second kappa shape index (κ2) is 7.49. The molecule has 0 saturated carbocycles. The van der Waals surface area contributed by atoms with Crippen LogP contribution in [0.2, 0.25) is 0 Å². The number of aromatic nitrogens is 1. The molecule has 0 spiro atoms. The van der Waals surface area contributed by atoms with Gasteiger partial charge in [-0.05, 0) is 86.2 Å². The van der Waals surface area contributed by atoms with Crippen LogP contribution in [-0.4, -0.2) is 22.9 Å². The van der Waals surface area contributed by atoms with E-state index in [-0.39, 0.29) is 29.2 Å². The molecule has 1 fully saturated rings. The average Bonchev–Trinajstić information content (AvgIpc) is 3.26. The summed E-state index contributed by atoms with van der Waals surface area (Å²) >= 11 is 0. The summed E-state index contributed by atoms with van der Waals surface area (Å²) in [4.78, 5) is 0. The summed E-state index contributed by atoms with van der Waals surface area (Å²) in [5, 5.41) is 2.65. The average molecular weight is 479 g/mol. The molecule has 36 heavy (non-hydrogen) atoms. The quantitative estimate of drug-likeness (QED) is 0.279. The van der Waals surface area contributed by atoms with Crippen LogP contribution in [0.1, 0.15) is 79.4 Å². The summed E-state index contributed by atoms with van der Waals surface area (Å²) in [6, 6.07) is 22.4. The minimum Gasteiger partial charge on any atom is -0.399 e. The molecule has 0 radical (unpaired) electrons. The van der Waals surface area contributed by atoms with E-state index < -0.39 is 0 Å². The highest BCUT2D eigenvalue weighted by Gasteiger charge is 2.51. The zero-order valence-electron chi connectivity index (χ0n) is 23.0. The van der Waals surface area contributed by atoms with Crippen molar-refractivity contribution in [2.45, 2.75) is 90.3 Å². The van der Waals surface area contributed by atoms with E-state index in [0.29, 0.717) is 0 Å². The van der Waals surface area contributed by atoms with Crippen LogP contribution in [0.15, 0.2) is 60.7 Å². The minimum absolute atomic E-state index is 0.110. The maximum absolute atomic E-state index is 6.32. The molecule has 1 saturated heterocycles. The number of nitrogens with zero attached hydrogens (tertiary/aromatic N) is 1. The van der Waals surface area contributed by atoms with E-state index in [2.05, 4.69) is 121 Å². The first-order valence-corrected chi connectivity index (χ1v) is 13.4. The predicted molar refractivity (Wildman–Crippen MR) is 152 cm³/mol. The van der Waals surface area contributed by atoms with Gasteiger partial charge in [-0.25, -0.2) is 0 Å². The third-order valence-corrected chi connectivity index (χ3v) is 9.29. The summed E-state index contributed by atoms with van der Waals surface area (Å²) in [5.41, 5.74) is 7.42. The molecule has 3 aromatic carbocycles. The molecule has 1 aliphatic carbocycles. The molecule has 0 unspecified atom stereocenters. The zero-order valence-corrected chi connectivity index (χ0v) is 23.0. The summed E-state index contributed by atoms with van der Waals surface area (Å²) < 4.78 is 15.1. The van der Waals surface area contributed by atoms with Gasteiger partial charge in [0.05, 0.1) is 22.2 Å². The first-order valence-electron chi connectivity index (χ1n) is 13.4. The molecule has 0 bridgehead atoms. The molecule has 4 heteroatoms. The maximum atomic E-state index is 6.32. The van der Waals surface area contributed by atoms with Crippen LogP contribution < -0.4 is 5.46 Å². The van der Waals surface area contributed by atoms with Gasteiger partial charge >= 0.3 is 7.12 Å². The second-order valence-corrected chi connectivity index (χ2v) is 13.2. The van der Waals surface area contributed by atoms with E-state index in [1.165, 1.54) is 51.5 Å². The van der Waals surface area contributed by atoms with E-state index in [1.807, 2.05) is 0 Å². The molecule has 1 aromatic heterocycles. The van der Waals surface area contributed by atoms with Crippen LogP contribution in [0.4, 0.5) is 0 Å². The first kappa shape index (κ1) is 23.8. The highest BCUT2D eigenvalue weighted by molar-refractivity contribution is 6.62. The minimum atomic E-state index is -0.352. The molecule has 0 N–H and O–H groups in total. The predicted octanol–water partition coefficient (Wildman–Crippen LogP) is 7.43. The van der Waals surface area contributed by atoms with Crippen molar-refractivity contribution in [2.75, 3.05) is 0 Å². The van der Waals surface area contributed by atoms with Gasteiger partial charge in [-0.2, -0.15) is 0 Å². The molecule has 0 amide bonds. The molecule has 2 heterocycles. The molecular weight excluding hydrogens is 441 g/mol. The van der Waals surface area contributed by atoms with Crippen molar-refractivity contribution in [3.8, 4) is 5.69 Å². The van der Waals surface area contributed by atoms with Gasteiger partial charge in [0.1, 0.15) is 0 Å². The Morgan fingerprint density at radius 2 is 1.28 bits per heavy atom. The number of benzene rings is 3. The van der Waals surface area contributed by atoms with Gasteiger partial charge in [-0.1, -0.05) is 70.2 Å². The van der Waals surface area contributed by atoms with Crippen molar-refractivity contribution in [3.63, 3.8) is 0 Å². The van der Waals surface area contributed by atoms with Crippen molar-refractivity contribution in [1.29, 1.82) is 0 Å². The number of fused-ring (bicyclic) bond motifs is 5. The summed E-state index contributed by atoms with van der Waals surface area (Å²) in [7, 11) is -0.352. The van der Waals surface area contributed by atoms with Crippen LogP contribution in [-0.2, 0) is 20.1 Å². The van der Waals surface area contributed by atoms with Crippen molar-refractivity contribution in [1.82, 2.24) is 4.57 Å². The van der Waals surface area contributed by atoms with Crippen LogP contribution in [0.25, 0.3) is 27.5 Å². The lowest BCUT2D eigenvalue weighted by molar-refractivity contribution is 0.00578. The Labute approximate surface area is 215 Å². The SMILES string of the molecule is CC1(C)CCC(C)(C)c2c1ccc1c3ccccc3n(-c3ccc(B4OC(C)(C)C(C)(C)O4)cc3)c21. The number of hydrogen-bond acceptors (Lipinski definition) is 2. The molecule has 2 aliphatic rings. The number of para-hydroxylation sites is 1. The van der Waals surface area contributed by atoms with Gasteiger partial charge in [-0.15, -0.1) is 0 Å². The molecule has 1 aliphatic heterocycles. The van der Waals surface area contributed by atoms with Crippen LogP contribution in [0.3, 0.4) is 0 Å².